The Kier molecular flexibility index (Phi) is 6.33. The zero-order valence-corrected chi connectivity index (χ0v) is 19.4. The van der Waals surface area contributed by atoms with Crippen LogP contribution in [0.25, 0.3) is 11.1 Å². The number of pyridine rings is 1. The lowest BCUT2D eigenvalue weighted by molar-refractivity contribution is -0.297. The number of aromatic nitrogens is 1. The first-order valence-corrected chi connectivity index (χ1v) is 11.1. The number of methoxy groups -OCH3 is 1. The molecule has 4 rings (SSSR count). The molecule has 0 radical (unpaired) electrons. The van der Waals surface area contributed by atoms with Crippen LogP contribution in [0.15, 0.2) is 48.1 Å². The van der Waals surface area contributed by atoms with Gasteiger partial charge in [-0.3, -0.25) is 20.0 Å². The van der Waals surface area contributed by atoms with Crippen molar-refractivity contribution in [3.8, 4) is 16.9 Å². The summed E-state index contributed by atoms with van der Waals surface area (Å²) in [6.45, 7) is 0.0293. The van der Waals surface area contributed by atoms with Crippen LogP contribution in [-0.4, -0.2) is 36.1 Å². The predicted octanol–water partition coefficient (Wildman–Crippen LogP) is 5.37. The van der Waals surface area contributed by atoms with E-state index in [1.807, 2.05) is 0 Å². The molecule has 2 N–H and O–H groups in total. The quantitative estimate of drug-likeness (QED) is 0.343. The van der Waals surface area contributed by atoms with E-state index in [0.29, 0.717) is 29.0 Å². The van der Waals surface area contributed by atoms with E-state index in [2.05, 4.69) is 15.8 Å². The topological polar surface area (TPSA) is 80.3 Å². The van der Waals surface area contributed by atoms with Gasteiger partial charge in [0.2, 0.25) is 0 Å². The van der Waals surface area contributed by atoms with E-state index in [0.717, 1.165) is 23.5 Å². The van der Waals surface area contributed by atoms with Crippen molar-refractivity contribution in [2.24, 2.45) is 0 Å². The summed E-state index contributed by atoms with van der Waals surface area (Å²) in [5, 5.41) is 1.61. The zero-order chi connectivity index (χ0) is 26.5. The zero-order valence-electron chi connectivity index (χ0n) is 18.5. The highest BCUT2D eigenvalue weighted by molar-refractivity contribution is 7.11. The Morgan fingerprint density at radius 1 is 1.08 bits per heavy atom. The summed E-state index contributed by atoms with van der Waals surface area (Å²) in [4.78, 5) is 30.2. The van der Waals surface area contributed by atoms with Gasteiger partial charge in [0.1, 0.15) is 11.8 Å². The van der Waals surface area contributed by atoms with Gasteiger partial charge < -0.3 is 4.74 Å². The van der Waals surface area contributed by atoms with Crippen molar-refractivity contribution in [2.45, 2.75) is 30.7 Å². The fourth-order valence-corrected chi connectivity index (χ4v) is 4.92. The van der Waals surface area contributed by atoms with E-state index < -0.39 is 41.1 Å². The molecule has 1 aromatic carbocycles. The van der Waals surface area contributed by atoms with Gasteiger partial charge in [0.15, 0.2) is 11.2 Å². The van der Waals surface area contributed by atoms with Gasteiger partial charge in [-0.2, -0.15) is 26.3 Å². The number of hydrogen-bond donors (Lipinski definition) is 2. The van der Waals surface area contributed by atoms with Crippen LogP contribution in [0.1, 0.15) is 44.1 Å². The van der Waals surface area contributed by atoms with Crippen LogP contribution < -0.4 is 15.6 Å². The fraction of sp³-hybridized carbons (Fsp3) is 0.261. The number of Topliss-reactive ketones (excluding diaryl/α,β-unsaturated/α-hetero) is 1. The molecule has 36 heavy (non-hydrogen) atoms. The first-order chi connectivity index (χ1) is 16.8. The third-order valence-corrected chi connectivity index (χ3v) is 7.07. The molecule has 3 heterocycles. The first-order valence-electron chi connectivity index (χ1n) is 10.2. The SMILES string of the molecule is COc1cncc(-c2csc3c2C(=O)NNC3C(=O)c2cccc(C(C)(C(F)(F)F)C(F)(F)F)c2)c1. The van der Waals surface area contributed by atoms with Crippen LogP contribution in [0, 0.1) is 0 Å². The van der Waals surface area contributed by atoms with E-state index in [1.165, 1.54) is 19.5 Å². The standard InChI is InChI=1S/C23H17F6N3O3S/c1-21(22(24,25)26,23(27,28)29)13-5-3-4-11(6-13)18(33)17-19-16(20(34)32-31-17)15(10-36-19)12-7-14(35-2)9-30-8-12/h3-10,17,31H,1-2H3,(H,32,34). The molecule has 1 aliphatic heterocycles. The van der Waals surface area contributed by atoms with Gasteiger partial charge in [0, 0.05) is 27.8 Å². The summed E-state index contributed by atoms with van der Waals surface area (Å²) < 4.78 is 86.5. The van der Waals surface area contributed by atoms with Crippen molar-refractivity contribution >= 4 is 23.0 Å². The van der Waals surface area contributed by atoms with Crippen LogP contribution >= 0.6 is 11.3 Å². The fourth-order valence-electron chi connectivity index (χ4n) is 3.80. The Labute approximate surface area is 204 Å². The molecule has 0 saturated heterocycles. The van der Waals surface area contributed by atoms with Crippen LogP contribution in [0.5, 0.6) is 5.75 Å². The van der Waals surface area contributed by atoms with Gasteiger partial charge in [-0.25, -0.2) is 5.43 Å². The molecular formula is C23H17F6N3O3S. The molecule has 1 aliphatic rings. The predicted molar refractivity (Wildman–Crippen MR) is 118 cm³/mol. The van der Waals surface area contributed by atoms with E-state index in [1.54, 1.807) is 11.4 Å². The Morgan fingerprint density at radius 3 is 2.42 bits per heavy atom. The average molecular weight is 529 g/mol. The number of nitrogens with zero attached hydrogens (tertiary/aromatic N) is 1. The summed E-state index contributed by atoms with van der Waals surface area (Å²) in [6, 6.07) is 3.73. The van der Waals surface area contributed by atoms with E-state index >= 15 is 0 Å². The second-order valence-corrected chi connectivity index (χ2v) is 9.01. The third kappa shape index (κ3) is 4.11. The maximum absolute atomic E-state index is 13.6. The lowest BCUT2D eigenvalue weighted by atomic mass is 9.79. The molecule has 3 aromatic rings. The molecule has 0 spiro atoms. The monoisotopic (exact) mass is 529 g/mol. The summed E-state index contributed by atoms with van der Waals surface area (Å²) in [5.74, 6) is -0.964. The molecule has 0 aliphatic carbocycles. The van der Waals surface area contributed by atoms with Crippen molar-refractivity contribution in [3.63, 3.8) is 0 Å². The average Bonchev–Trinajstić information content (AvgIpc) is 3.28. The summed E-state index contributed by atoms with van der Waals surface area (Å²) in [6.07, 6.45) is -8.39. The molecule has 1 amide bonds. The highest BCUT2D eigenvalue weighted by Crippen LogP contribution is 2.52. The van der Waals surface area contributed by atoms with Gasteiger partial charge in [0.25, 0.3) is 5.91 Å². The van der Waals surface area contributed by atoms with Crippen molar-refractivity contribution in [1.29, 1.82) is 0 Å². The van der Waals surface area contributed by atoms with Crippen molar-refractivity contribution in [3.05, 3.63) is 69.7 Å². The molecular weight excluding hydrogens is 512 g/mol. The number of rotatable bonds is 5. The third-order valence-electron chi connectivity index (χ3n) is 6.02. The second kappa shape index (κ2) is 8.89. The number of ether oxygens (including phenoxy) is 1. The number of alkyl halides is 6. The number of benzene rings is 1. The van der Waals surface area contributed by atoms with E-state index in [4.69, 9.17) is 4.74 Å². The van der Waals surface area contributed by atoms with Gasteiger partial charge in [-0.1, -0.05) is 18.2 Å². The molecule has 6 nitrogen and oxygen atoms in total. The smallest absolute Gasteiger partial charge is 0.406 e. The number of ketones is 1. The molecule has 1 unspecified atom stereocenters. The number of thiophene rings is 1. The van der Waals surface area contributed by atoms with Gasteiger partial charge in [-0.05, 0) is 30.0 Å². The maximum atomic E-state index is 13.6. The minimum atomic E-state index is -5.66. The molecule has 0 fully saturated rings. The van der Waals surface area contributed by atoms with Crippen molar-refractivity contribution in [2.75, 3.05) is 7.11 Å². The number of hydrazine groups is 1. The number of amides is 1. The molecule has 190 valence electrons. The number of carbonyl (C=O) groups is 2. The van der Waals surface area contributed by atoms with Gasteiger partial charge in [0.05, 0.1) is 18.9 Å². The Bertz CT molecular complexity index is 1320. The summed E-state index contributed by atoms with van der Waals surface area (Å²) in [7, 11) is 1.44. The number of fused-ring (bicyclic) bond motifs is 1. The minimum absolute atomic E-state index is 0.0293. The summed E-state index contributed by atoms with van der Waals surface area (Å²) in [5.41, 5.74) is 0.245. The summed E-state index contributed by atoms with van der Waals surface area (Å²) >= 11 is 1.04. The lowest BCUT2D eigenvalue weighted by Crippen LogP contribution is -2.51. The molecule has 0 saturated carbocycles. The van der Waals surface area contributed by atoms with E-state index in [9.17, 15) is 35.9 Å². The Morgan fingerprint density at radius 2 is 1.78 bits per heavy atom. The molecule has 1 atom stereocenters. The van der Waals surface area contributed by atoms with Crippen LogP contribution in [0.4, 0.5) is 26.3 Å². The molecule has 2 aromatic heterocycles. The highest BCUT2D eigenvalue weighted by atomic mass is 32.1. The second-order valence-electron chi connectivity index (χ2n) is 8.10. The maximum Gasteiger partial charge on any atom is 0.406 e. The first kappa shape index (κ1) is 25.6. The van der Waals surface area contributed by atoms with Crippen LogP contribution in [0.2, 0.25) is 0 Å². The van der Waals surface area contributed by atoms with E-state index in [-0.39, 0.29) is 22.9 Å². The van der Waals surface area contributed by atoms with Crippen molar-refractivity contribution < 1.29 is 40.7 Å². The van der Waals surface area contributed by atoms with Crippen LogP contribution in [0.3, 0.4) is 0 Å². The molecule has 0 bridgehead atoms. The lowest BCUT2D eigenvalue weighted by Gasteiger charge is -2.34. The van der Waals surface area contributed by atoms with Gasteiger partial charge in [-0.15, -0.1) is 11.3 Å². The van der Waals surface area contributed by atoms with Crippen molar-refractivity contribution in [1.82, 2.24) is 15.8 Å². The number of hydrogen-bond acceptors (Lipinski definition) is 6. The Balaban J connectivity index is 1.76. The van der Waals surface area contributed by atoms with Gasteiger partial charge >= 0.3 is 12.4 Å². The number of nitrogens with one attached hydrogen (secondary N) is 2. The largest absolute Gasteiger partial charge is 0.495 e. The molecule has 13 heteroatoms. The van der Waals surface area contributed by atoms with Crippen LogP contribution in [-0.2, 0) is 5.41 Å². The minimum Gasteiger partial charge on any atom is -0.495 e. The highest BCUT2D eigenvalue weighted by Gasteiger charge is 2.68. The normalized spacial score (nSPS) is 16.3. The Hall–Kier alpha value is -3.45. The number of carbonyl (C=O) groups excluding carboxylic acids is 2. The number of halogens is 6.